The molecule has 7 heteroatoms. The first-order valence-electron chi connectivity index (χ1n) is 5.84. The zero-order valence-electron chi connectivity index (χ0n) is 11.1. The number of nitrogens with one attached hydrogen (secondary N) is 1. The summed E-state index contributed by atoms with van der Waals surface area (Å²) in [6.45, 7) is 7.04. The highest BCUT2D eigenvalue weighted by Crippen LogP contribution is 2.21. The fraction of sp³-hybridized carbons (Fsp3) is 0.636. The number of rotatable bonds is 5. The van der Waals surface area contributed by atoms with E-state index < -0.39 is 4.92 Å². The summed E-state index contributed by atoms with van der Waals surface area (Å²) in [6, 6.07) is 0.0875. The molecule has 0 saturated carbocycles. The second-order valence-electron chi connectivity index (χ2n) is 4.31. The van der Waals surface area contributed by atoms with Crippen LogP contribution < -0.4 is 5.32 Å². The summed E-state index contributed by atoms with van der Waals surface area (Å²) in [5.74, 6) is -0.190. The van der Waals surface area contributed by atoms with E-state index in [1.165, 1.54) is 4.68 Å². The predicted octanol–water partition coefficient (Wildman–Crippen LogP) is 1.32. The Morgan fingerprint density at radius 1 is 1.56 bits per heavy atom. The topological polar surface area (TPSA) is 90.1 Å². The van der Waals surface area contributed by atoms with Crippen molar-refractivity contribution in [3.63, 3.8) is 0 Å². The van der Waals surface area contributed by atoms with Crippen molar-refractivity contribution in [2.24, 2.45) is 0 Å². The third-order valence-electron chi connectivity index (χ3n) is 2.84. The summed E-state index contributed by atoms with van der Waals surface area (Å²) >= 11 is 0. The Kier molecular flexibility index (Phi) is 4.41. The Morgan fingerprint density at radius 3 is 2.61 bits per heavy atom. The number of aryl methyl sites for hydroxylation is 1. The first-order chi connectivity index (χ1) is 8.36. The molecule has 0 aliphatic heterocycles. The zero-order valence-corrected chi connectivity index (χ0v) is 11.1. The summed E-state index contributed by atoms with van der Waals surface area (Å²) in [5, 5.41) is 17.6. The van der Waals surface area contributed by atoms with Gasteiger partial charge in [-0.05, 0) is 27.2 Å². The van der Waals surface area contributed by atoms with Crippen LogP contribution in [0.25, 0.3) is 0 Å². The number of nitro groups is 1. The molecule has 1 N–H and O–H groups in total. The molecule has 100 valence electrons. The second kappa shape index (κ2) is 5.61. The number of nitrogens with zero attached hydrogens (tertiary/aromatic N) is 3. The van der Waals surface area contributed by atoms with Gasteiger partial charge in [0.25, 0.3) is 0 Å². The molecule has 1 aromatic heterocycles. The number of amides is 1. The fourth-order valence-corrected chi connectivity index (χ4v) is 1.66. The van der Waals surface area contributed by atoms with Crippen LogP contribution in [0.1, 0.15) is 31.7 Å². The average Bonchev–Trinajstić information content (AvgIpc) is 2.53. The van der Waals surface area contributed by atoms with Crippen molar-refractivity contribution in [2.75, 3.05) is 0 Å². The van der Waals surface area contributed by atoms with Gasteiger partial charge in [-0.25, -0.2) is 0 Å². The molecule has 1 heterocycles. The SMILES string of the molecule is CC[C@@H](C)NC(=O)Cn1nc(C)c([N+](=O)[O-])c1C. The molecule has 1 aromatic rings. The van der Waals surface area contributed by atoms with E-state index in [2.05, 4.69) is 10.4 Å². The van der Waals surface area contributed by atoms with E-state index in [4.69, 9.17) is 0 Å². The Bertz CT molecular complexity index is 467. The Hall–Kier alpha value is -1.92. The van der Waals surface area contributed by atoms with Crippen LogP contribution in [0.3, 0.4) is 0 Å². The maximum Gasteiger partial charge on any atom is 0.312 e. The molecule has 18 heavy (non-hydrogen) atoms. The minimum atomic E-state index is -0.471. The van der Waals surface area contributed by atoms with E-state index in [9.17, 15) is 14.9 Å². The first kappa shape index (κ1) is 14.1. The Morgan fingerprint density at radius 2 is 2.17 bits per heavy atom. The largest absolute Gasteiger partial charge is 0.352 e. The number of hydrogen-bond donors (Lipinski definition) is 1. The minimum absolute atomic E-state index is 0.00481. The third kappa shape index (κ3) is 3.06. The van der Waals surface area contributed by atoms with Crippen molar-refractivity contribution in [1.29, 1.82) is 0 Å². The third-order valence-corrected chi connectivity index (χ3v) is 2.84. The van der Waals surface area contributed by atoms with Crippen molar-refractivity contribution in [2.45, 2.75) is 46.7 Å². The van der Waals surface area contributed by atoms with Crippen LogP contribution in [-0.2, 0) is 11.3 Å². The van der Waals surface area contributed by atoms with Crippen molar-refractivity contribution < 1.29 is 9.72 Å². The van der Waals surface area contributed by atoms with E-state index in [1.807, 2.05) is 13.8 Å². The van der Waals surface area contributed by atoms with E-state index in [-0.39, 0.29) is 24.2 Å². The van der Waals surface area contributed by atoms with Gasteiger partial charge < -0.3 is 5.32 Å². The van der Waals surface area contributed by atoms with Crippen molar-refractivity contribution in [1.82, 2.24) is 15.1 Å². The smallest absolute Gasteiger partial charge is 0.312 e. The van der Waals surface area contributed by atoms with Gasteiger partial charge in [-0.15, -0.1) is 0 Å². The van der Waals surface area contributed by atoms with Gasteiger partial charge in [-0.3, -0.25) is 19.6 Å². The van der Waals surface area contributed by atoms with Crippen LogP contribution in [-0.4, -0.2) is 26.7 Å². The first-order valence-corrected chi connectivity index (χ1v) is 5.84. The maximum absolute atomic E-state index is 11.7. The molecule has 0 bridgehead atoms. The van der Waals surface area contributed by atoms with Gasteiger partial charge in [-0.1, -0.05) is 6.92 Å². The number of aromatic nitrogens is 2. The molecule has 0 fully saturated rings. The van der Waals surface area contributed by atoms with Crippen LogP contribution in [0.15, 0.2) is 0 Å². The van der Waals surface area contributed by atoms with E-state index in [0.29, 0.717) is 11.4 Å². The normalized spacial score (nSPS) is 12.2. The molecule has 1 atom stereocenters. The van der Waals surface area contributed by atoms with Crippen LogP contribution in [0.4, 0.5) is 5.69 Å². The summed E-state index contributed by atoms with van der Waals surface area (Å²) in [4.78, 5) is 22.0. The maximum atomic E-state index is 11.7. The molecule has 0 spiro atoms. The number of carbonyl (C=O) groups is 1. The van der Waals surface area contributed by atoms with Crippen LogP contribution >= 0.6 is 0 Å². The summed E-state index contributed by atoms with van der Waals surface area (Å²) in [5.41, 5.74) is 0.706. The summed E-state index contributed by atoms with van der Waals surface area (Å²) in [6.07, 6.45) is 0.836. The lowest BCUT2D eigenvalue weighted by molar-refractivity contribution is -0.386. The van der Waals surface area contributed by atoms with Crippen molar-refractivity contribution in [3.8, 4) is 0 Å². The predicted molar refractivity (Wildman–Crippen MR) is 66.3 cm³/mol. The van der Waals surface area contributed by atoms with Gasteiger partial charge in [0, 0.05) is 6.04 Å². The van der Waals surface area contributed by atoms with E-state index in [1.54, 1.807) is 13.8 Å². The molecule has 0 aliphatic carbocycles. The lowest BCUT2D eigenvalue weighted by Gasteiger charge is -2.11. The second-order valence-corrected chi connectivity index (χ2v) is 4.31. The molecule has 0 aliphatic rings. The molecule has 0 unspecified atom stereocenters. The highest BCUT2D eigenvalue weighted by Gasteiger charge is 2.22. The number of carbonyl (C=O) groups excluding carboxylic acids is 1. The van der Waals surface area contributed by atoms with E-state index in [0.717, 1.165) is 6.42 Å². The zero-order chi connectivity index (χ0) is 13.9. The Balaban J connectivity index is 2.83. The van der Waals surface area contributed by atoms with Crippen LogP contribution in [0.5, 0.6) is 0 Å². The molecule has 0 saturated heterocycles. The highest BCUT2D eigenvalue weighted by molar-refractivity contribution is 5.76. The van der Waals surface area contributed by atoms with Crippen molar-refractivity contribution in [3.05, 3.63) is 21.5 Å². The van der Waals surface area contributed by atoms with Gasteiger partial charge in [0.2, 0.25) is 5.91 Å². The van der Waals surface area contributed by atoms with E-state index >= 15 is 0 Å². The standard InChI is InChI=1S/C11H18N4O3/c1-5-7(2)12-10(16)6-14-9(4)11(15(17)18)8(3)13-14/h7H,5-6H2,1-4H3,(H,12,16)/t7-/m1/s1. The van der Waals surface area contributed by atoms with Gasteiger partial charge >= 0.3 is 5.69 Å². The molecule has 1 rings (SSSR count). The molecule has 1 amide bonds. The van der Waals surface area contributed by atoms with Gasteiger partial charge in [0.15, 0.2) is 0 Å². The monoisotopic (exact) mass is 254 g/mol. The minimum Gasteiger partial charge on any atom is -0.352 e. The average molecular weight is 254 g/mol. The summed E-state index contributed by atoms with van der Waals surface area (Å²) < 4.78 is 1.37. The molecular formula is C11H18N4O3. The lowest BCUT2D eigenvalue weighted by atomic mass is 10.2. The fourth-order valence-electron chi connectivity index (χ4n) is 1.66. The Labute approximate surface area is 105 Å². The molecule has 0 radical (unpaired) electrons. The lowest BCUT2D eigenvalue weighted by Crippen LogP contribution is -2.35. The van der Waals surface area contributed by atoms with Gasteiger partial charge in [0.05, 0.1) is 4.92 Å². The summed E-state index contributed by atoms with van der Waals surface area (Å²) in [7, 11) is 0. The molecule has 0 aromatic carbocycles. The molecule has 7 nitrogen and oxygen atoms in total. The highest BCUT2D eigenvalue weighted by atomic mass is 16.6. The van der Waals surface area contributed by atoms with Crippen LogP contribution in [0, 0.1) is 24.0 Å². The van der Waals surface area contributed by atoms with Gasteiger partial charge in [0.1, 0.15) is 17.9 Å². The molecular weight excluding hydrogens is 236 g/mol. The van der Waals surface area contributed by atoms with Crippen molar-refractivity contribution >= 4 is 11.6 Å². The quantitative estimate of drug-likeness (QED) is 0.633. The number of hydrogen-bond acceptors (Lipinski definition) is 4. The van der Waals surface area contributed by atoms with Crippen LogP contribution in [0.2, 0.25) is 0 Å². The van der Waals surface area contributed by atoms with Gasteiger partial charge in [-0.2, -0.15) is 5.10 Å².